The first-order valence-electron chi connectivity index (χ1n) is 13.6. The molecule has 1 unspecified atom stereocenters. The molecule has 1 atom stereocenters. The van der Waals surface area contributed by atoms with Crippen molar-refractivity contribution in [3.63, 3.8) is 0 Å². The van der Waals surface area contributed by atoms with Crippen molar-refractivity contribution in [1.29, 1.82) is 0 Å². The standard InChI is InChI=1S/C32H33NO8S/c1-6-11-38-28-18(2)19(3)29-24(20(28)4)9-10-32(5,41-29)17-40-23-7-8-25-22(14-23)12-21(16-39-25)13-26-30(36)33(15-27(34)35)31(37)42-26/h6-8,12-14H,1,9-11,15-17H2,2-5H3,(H,34,35)/b26-13-. The van der Waals surface area contributed by atoms with Gasteiger partial charge in [-0.2, -0.15) is 0 Å². The van der Waals surface area contributed by atoms with Gasteiger partial charge in [-0.15, -0.1) is 0 Å². The van der Waals surface area contributed by atoms with E-state index in [0.29, 0.717) is 42.0 Å². The number of rotatable bonds is 9. The quantitative estimate of drug-likeness (QED) is 0.287. The second-order valence-corrected chi connectivity index (χ2v) is 11.8. The molecule has 220 valence electrons. The lowest BCUT2D eigenvalue weighted by Crippen LogP contribution is -2.42. The molecule has 42 heavy (non-hydrogen) atoms. The van der Waals surface area contributed by atoms with Gasteiger partial charge >= 0.3 is 5.97 Å². The maximum absolute atomic E-state index is 12.5. The first-order valence-corrected chi connectivity index (χ1v) is 14.4. The number of hydrogen-bond acceptors (Lipinski definition) is 8. The summed E-state index contributed by atoms with van der Waals surface area (Å²) in [6.07, 6.45) is 6.80. The zero-order valence-corrected chi connectivity index (χ0v) is 24.9. The summed E-state index contributed by atoms with van der Waals surface area (Å²) in [5, 5.41) is 8.37. The average Bonchev–Trinajstić information content (AvgIpc) is 3.21. The molecule has 5 rings (SSSR count). The van der Waals surface area contributed by atoms with Crippen molar-refractivity contribution in [1.82, 2.24) is 4.90 Å². The number of imide groups is 1. The third-order valence-corrected chi connectivity index (χ3v) is 8.56. The number of nitrogens with zero attached hydrogens (tertiary/aromatic N) is 1. The van der Waals surface area contributed by atoms with E-state index in [2.05, 4.69) is 27.4 Å². The van der Waals surface area contributed by atoms with Crippen molar-refractivity contribution >= 4 is 35.0 Å². The molecule has 0 spiro atoms. The Morgan fingerprint density at radius 1 is 1.19 bits per heavy atom. The number of aliphatic carboxylic acids is 1. The minimum atomic E-state index is -1.25. The van der Waals surface area contributed by atoms with E-state index in [1.807, 2.05) is 31.2 Å². The molecule has 1 fully saturated rings. The van der Waals surface area contributed by atoms with E-state index >= 15 is 0 Å². The predicted octanol–water partition coefficient (Wildman–Crippen LogP) is 5.78. The van der Waals surface area contributed by atoms with Crippen LogP contribution in [0.25, 0.3) is 6.08 Å². The maximum atomic E-state index is 12.5. The highest BCUT2D eigenvalue weighted by Crippen LogP contribution is 2.44. The number of carboxylic acid groups (broad SMARTS) is 1. The van der Waals surface area contributed by atoms with Gasteiger partial charge in [-0.1, -0.05) is 12.7 Å². The summed E-state index contributed by atoms with van der Waals surface area (Å²) in [7, 11) is 0. The lowest BCUT2D eigenvalue weighted by atomic mass is 9.87. The van der Waals surface area contributed by atoms with Crippen molar-refractivity contribution < 1.29 is 38.4 Å². The molecule has 3 heterocycles. The van der Waals surface area contributed by atoms with Gasteiger partial charge in [0.1, 0.15) is 55.0 Å². The zero-order chi connectivity index (χ0) is 30.2. The van der Waals surface area contributed by atoms with E-state index in [-0.39, 0.29) is 11.5 Å². The summed E-state index contributed by atoms with van der Waals surface area (Å²) in [6.45, 7) is 12.3. The second kappa shape index (κ2) is 11.6. The summed E-state index contributed by atoms with van der Waals surface area (Å²) < 4.78 is 24.7. The second-order valence-electron chi connectivity index (χ2n) is 10.8. The molecule has 2 aromatic carbocycles. The number of carbonyl (C=O) groups excluding carboxylic acids is 2. The van der Waals surface area contributed by atoms with E-state index in [0.717, 1.165) is 51.5 Å². The Morgan fingerprint density at radius 3 is 2.71 bits per heavy atom. The molecule has 1 saturated heterocycles. The molecule has 0 bridgehead atoms. The number of carboxylic acids is 1. The first kappa shape index (κ1) is 29.3. The molecule has 2 amide bonds. The molecule has 3 aliphatic heterocycles. The predicted molar refractivity (Wildman–Crippen MR) is 160 cm³/mol. The summed E-state index contributed by atoms with van der Waals surface area (Å²) in [5.74, 6) is 1.23. The molecule has 3 aliphatic rings. The van der Waals surface area contributed by atoms with E-state index < -0.39 is 29.3 Å². The lowest BCUT2D eigenvalue weighted by Gasteiger charge is -2.38. The van der Waals surface area contributed by atoms with E-state index in [9.17, 15) is 14.4 Å². The van der Waals surface area contributed by atoms with Crippen LogP contribution in [0, 0.1) is 20.8 Å². The monoisotopic (exact) mass is 591 g/mol. The fourth-order valence-electron chi connectivity index (χ4n) is 5.26. The third-order valence-electron chi connectivity index (χ3n) is 7.65. The number of fused-ring (bicyclic) bond motifs is 2. The minimum Gasteiger partial charge on any atom is -0.489 e. The molecule has 9 nitrogen and oxygen atoms in total. The Balaban J connectivity index is 1.30. The number of ether oxygens (including phenoxy) is 4. The fraction of sp³-hybridized carbons (Fsp3) is 0.344. The highest BCUT2D eigenvalue weighted by Gasteiger charge is 2.37. The van der Waals surface area contributed by atoms with Gasteiger partial charge in [0, 0.05) is 11.1 Å². The van der Waals surface area contributed by atoms with Crippen LogP contribution in [0.4, 0.5) is 4.79 Å². The van der Waals surface area contributed by atoms with Crippen molar-refractivity contribution in [2.24, 2.45) is 0 Å². The highest BCUT2D eigenvalue weighted by molar-refractivity contribution is 8.18. The van der Waals surface area contributed by atoms with Crippen LogP contribution in [0.3, 0.4) is 0 Å². The molecule has 0 aromatic heterocycles. The molecule has 1 N–H and O–H groups in total. The molecular formula is C32H33NO8S. The molecule has 0 radical (unpaired) electrons. The SMILES string of the molecule is C=CCOc1c(C)c(C)c2c(c1C)CCC(C)(COc1ccc3c(c1)C=C(/C=C1\SC(=O)N(CC(=O)O)C1=O)CO3)O2. The molecule has 2 aromatic rings. The van der Waals surface area contributed by atoms with E-state index in [4.69, 9.17) is 24.1 Å². The maximum Gasteiger partial charge on any atom is 0.323 e. The third kappa shape index (κ3) is 5.76. The molecule has 10 heteroatoms. The first-order chi connectivity index (χ1) is 20.0. The smallest absolute Gasteiger partial charge is 0.323 e. The van der Waals surface area contributed by atoms with Crippen LogP contribution < -0.4 is 18.9 Å². The topological polar surface area (TPSA) is 112 Å². The van der Waals surface area contributed by atoms with Gasteiger partial charge in [0.25, 0.3) is 11.1 Å². The minimum absolute atomic E-state index is 0.162. The van der Waals surface area contributed by atoms with Gasteiger partial charge in [-0.25, -0.2) is 0 Å². The van der Waals surface area contributed by atoms with Crippen LogP contribution in [0.15, 0.2) is 47.4 Å². The van der Waals surface area contributed by atoms with Crippen molar-refractivity contribution in [3.05, 3.63) is 75.2 Å². The molecule has 0 aliphatic carbocycles. The van der Waals surface area contributed by atoms with Crippen LogP contribution in [0.2, 0.25) is 0 Å². The Hall–Kier alpha value is -4.18. The zero-order valence-electron chi connectivity index (χ0n) is 24.1. The number of hydrogen-bond donors (Lipinski definition) is 1. The van der Waals surface area contributed by atoms with Gasteiger partial charge in [0.05, 0.1) is 4.91 Å². The Kier molecular flexibility index (Phi) is 8.10. The summed E-state index contributed by atoms with van der Waals surface area (Å²) in [6, 6.07) is 5.54. The summed E-state index contributed by atoms with van der Waals surface area (Å²) >= 11 is 0.717. The van der Waals surface area contributed by atoms with Crippen molar-refractivity contribution in [2.75, 3.05) is 26.4 Å². The number of amides is 2. The Labute approximate surface area is 248 Å². The van der Waals surface area contributed by atoms with Crippen LogP contribution in [-0.4, -0.2) is 59.1 Å². The summed E-state index contributed by atoms with van der Waals surface area (Å²) in [4.78, 5) is 36.5. The highest BCUT2D eigenvalue weighted by atomic mass is 32.2. The van der Waals surface area contributed by atoms with Crippen LogP contribution in [-0.2, 0) is 16.0 Å². The Morgan fingerprint density at radius 2 is 1.98 bits per heavy atom. The fourth-order valence-corrected chi connectivity index (χ4v) is 6.12. The molecule has 0 saturated carbocycles. The largest absolute Gasteiger partial charge is 0.489 e. The van der Waals surface area contributed by atoms with Gasteiger partial charge in [-0.3, -0.25) is 19.3 Å². The summed E-state index contributed by atoms with van der Waals surface area (Å²) in [5.41, 5.74) is 5.29. The lowest BCUT2D eigenvalue weighted by molar-refractivity contribution is -0.140. The van der Waals surface area contributed by atoms with Gasteiger partial charge in [-0.05, 0) is 105 Å². The van der Waals surface area contributed by atoms with Crippen LogP contribution >= 0.6 is 11.8 Å². The molecular weight excluding hydrogens is 558 g/mol. The normalized spacial score (nSPS) is 20.3. The number of benzene rings is 2. The number of thioether (sulfide) groups is 1. The van der Waals surface area contributed by atoms with Gasteiger partial charge in [0.15, 0.2) is 0 Å². The van der Waals surface area contributed by atoms with Gasteiger partial charge < -0.3 is 24.1 Å². The average molecular weight is 592 g/mol. The number of carbonyl (C=O) groups is 3. The van der Waals surface area contributed by atoms with Gasteiger partial charge in [0.2, 0.25) is 0 Å². The van der Waals surface area contributed by atoms with Crippen LogP contribution in [0.1, 0.15) is 41.2 Å². The van der Waals surface area contributed by atoms with E-state index in [1.165, 1.54) is 5.56 Å². The van der Waals surface area contributed by atoms with Crippen molar-refractivity contribution in [2.45, 2.75) is 46.1 Å². The van der Waals surface area contributed by atoms with E-state index in [1.54, 1.807) is 12.2 Å². The van der Waals surface area contributed by atoms with Crippen LogP contribution in [0.5, 0.6) is 23.0 Å². The van der Waals surface area contributed by atoms with Crippen molar-refractivity contribution in [3.8, 4) is 23.0 Å². The Bertz CT molecular complexity index is 1560.